The van der Waals surface area contributed by atoms with Gasteiger partial charge in [0.1, 0.15) is 0 Å². The first-order valence-corrected chi connectivity index (χ1v) is 7.29. The SMILES string of the molecule is Cc1nc(C)c(C(Br)Cc2ncccc2C)s1. The second kappa shape index (κ2) is 5.27. The lowest BCUT2D eigenvalue weighted by molar-refractivity contribution is 0.895. The number of aryl methyl sites for hydroxylation is 3. The minimum atomic E-state index is 0.308. The third-order valence-electron chi connectivity index (χ3n) is 2.71. The van der Waals surface area contributed by atoms with E-state index in [1.165, 1.54) is 10.4 Å². The zero-order valence-electron chi connectivity index (χ0n) is 10.2. The van der Waals surface area contributed by atoms with Gasteiger partial charge in [-0.1, -0.05) is 22.0 Å². The van der Waals surface area contributed by atoms with Crippen molar-refractivity contribution in [1.82, 2.24) is 9.97 Å². The van der Waals surface area contributed by atoms with Crippen molar-refractivity contribution in [1.29, 1.82) is 0 Å². The van der Waals surface area contributed by atoms with Crippen LogP contribution in [0.15, 0.2) is 18.3 Å². The molecule has 2 nitrogen and oxygen atoms in total. The molecule has 4 heteroatoms. The molecule has 0 fully saturated rings. The van der Waals surface area contributed by atoms with Gasteiger partial charge < -0.3 is 0 Å². The van der Waals surface area contributed by atoms with Crippen molar-refractivity contribution in [3.05, 3.63) is 45.2 Å². The molecule has 0 bridgehead atoms. The van der Waals surface area contributed by atoms with Crippen LogP contribution in [0, 0.1) is 20.8 Å². The minimum Gasteiger partial charge on any atom is -0.261 e. The smallest absolute Gasteiger partial charge is 0.0900 e. The highest BCUT2D eigenvalue weighted by atomic mass is 79.9. The molecule has 0 radical (unpaired) electrons. The van der Waals surface area contributed by atoms with E-state index in [2.05, 4.69) is 45.8 Å². The van der Waals surface area contributed by atoms with Crippen molar-refractivity contribution < 1.29 is 0 Å². The third kappa shape index (κ3) is 2.93. The predicted molar refractivity (Wildman–Crippen MR) is 75.9 cm³/mol. The van der Waals surface area contributed by atoms with Gasteiger partial charge in [-0.15, -0.1) is 11.3 Å². The molecular formula is C13H15BrN2S. The summed E-state index contributed by atoms with van der Waals surface area (Å²) in [7, 11) is 0. The minimum absolute atomic E-state index is 0.308. The summed E-state index contributed by atoms with van der Waals surface area (Å²) in [5.74, 6) is 0. The quantitative estimate of drug-likeness (QED) is 0.796. The Hall–Kier alpha value is -0.740. The molecule has 0 saturated heterocycles. The molecule has 0 N–H and O–H groups in total. The molecule has 90 valence electrons. The van der Waals surface area contributed by atoms with E-state index in [1.807, 2.05) is 19.2 Å². The fourth-order valence-corrected chi connectivity index (χ4v) is 3.66. The van der Waals surface area contributed by atoms with Gasteiger partial charge in [0.2, 0.25) is 0 Å². The largest absolute Gasteiger partial charge is 0.261 e. The molecule has 0 saturated carbocycles. The highest BCUT2D eigenvalue weighted by Crippen LogP contribution is 2.33. The average Bonchev–Trinajstić information content (AvgIpc) is 2.61. The molecule has 0 amide bonds. The van der Waals surface area contributed by atoms with E-state index in [1.54, 1.807) is 11.3 Å². The Balaban J connectivity index is 2.20. The van der Waals surface area contributed by atoms with Crippen LogP contribution in [0.25, 0.3) is 0 Å². The summed E-state index contributed by atoms with van der Waals surface area (Å²) in [6.45, 7) is 6.22. The maximum atomic E-state index is 4.46. The summed E-state index contributed by atoms with van der Waals surface area (Å²) < 4.78 is 0. The fourth-order valence-electron chi connectivity index (χ4n) is 1.83. The number of hydrogen-bond acceptors (Lipinski definition) is 3. The van der Waals surface area contributed by atoms with Crippen LogP contribution in [0.1, 0.15) is 31.7 Å². The number of thiazole rings is 1. The van der Waals surface area contributed by atoms with E-state index in [4.69, 9.17) is 0 Å². The number of alkyl halides is 1. The van der Waals surface area contributed by atoms with E-state index >= 15 is 0 Å². The number of hydrogen-bond donors (Lipinski definition) is 0. The average molecular weight is 311 g/mol. The van der Waals surface area contributed by atoms with Gasteiger partial charge in [0, 0.05) is 23.2 Å². The molecule has 1 atom stereocenters. The molecule has 0 spiro atoms. The summed E-state index contributed by atoms with van der Waals surface area (Å²) in [6.07, 6.45) is 2.77. The van der Waals surface area contributed by atoms with E-state index < -0.39 is 0 Å². The standard InChI is InChI=1S/C13H15BrN2S/c1-8-5-4-6-15-12(8)7-11(14)13-9(2)16-10(3)17-13/h4-6,11H,7H2,1-3H3. The molecule has 0 aliphatic rings. The zero-order valence-corrected chi connectivity index (χ0v) is 12.6. The van der Waals surface area contributed by atoms with Crippen LogP contribution in [0.2, 0.25) is 0 Å². The highest BCUT2D eigenvalue weighted by molar-refractivity contribution is 9.09. The van der Waals surface area contributed by atoms with Gasteiger partial charge in [-0.3, -0.25) is 4.98 Å². The molecular weight excluding hydrogens is 296 g/mol. The Morgan fingerprint density at radius 2 is 2.12 bits per heavy atom. The van der Waals surface area contributed by atoms with Crippen LogP contribution >= 0.6 is 27.3 Å². The molecule has 2 aromatic heterocycles. The van der Waals surface area contributed by atoms with Gasteiger partial charge in [0.15, 0.2) is 0 Å². The van der Waals surface area contributed by atoms with Crippen molar-refractivity contribution in [2.24, 2.45) is 0 Å². The summed E-state index contributed by atoms with van der Waals surface area (Å²) in [4.78, 5) is 10.5. The number of rotatable bonds is 3. The summed E-state index contributed by atoms with van der Waals surface area (Å²) >= 11 is 5.51. The first-order chi connectivity index (χ1) is 8.08. The van der Waals surface area contributed by atoms with Crippen molar-refractivity contribution in [2.45, 2.75) is 32.0 Å². The molecule has 2 heterocycles. The molecule has 17 heavy (non-hydrogen) atoms. The van der Waals surface area contributed by atoms with Crippen molar-refractivity contribution in [3.63, 3.8) is 0 Å². The number of aromatic nitrogens is 2. The molecule has 0 aromatic carbocycles. The van der Waals surface area contributed by atoms with Gasteiger partial charge in [-0.2, -0.15) is 0 Å². The first kappa shape index (κ1) is 12.7. The monoisotopic (exact) mass is 310 g/mol. The van der Waals surface area contributed by atoms with Gasteiger partial charge >= 0.3 is 0 Å². The van der Waals surface area contributed by atoms with Crippen molar-refractivity contribution in [3.8, 4) is 0 Å². The summed E-state index contributed by atoms with van der Waals surface area (Å²) in [5.41, 5.74) is 3.53. The highest BCUT2D eigenvalue weighted by Gasteiger charge is 2.16. The van der Waals surface area contributed by atoms with E-state index in [0.717, 1.165) is 22.8 Å². The fraction of sp³-hybridized carbons (Fsp3) is 0.385. The van der Waals surface area contributed by atoms with Crippen LogP contribution in [0.3, 0.4) is 0 Å². The van der Waals surface area contributed by atoms with E-state index in [9.17, 15) is 0 Å². The van der Waals surface area contributed by atoms with Crippen LogP contribution in [0.4, 0.5) is 0 Å². The molecule has 2 rings (SSSR count). The lowest BCUT2D eigenvalue weighted by Crippen LogP contribution is -1.99. The molecule has 1 unspecified atom stereocenters. The van der Waals surface area contributed by atoms with Gasteiger partial charge in [-0.25, -0.2) is 4.98 Å². The third-order valence-corrected chi connectivity index (χ3v) is 4.99. The molecule has 2 aromatic rings. The maximum absolute atomic E-state index is 4.46. The number of nitrogens with zero attached hydrogens (tertiary/aromatic N) is 2. The van der Waals surface area contributed by atoms with Gasteiger partial charge in [0.05, 0.1) is 15.5 Å². The molecule has 0 aliphatic heterocycles. The van der Waals surface area contributed by atoms with Crippen LogP contribution in [0.5, 0.6) is 0 Å². The first-order valence-electron chi connectivity index (χ1n) is 5.56. The van der Waals surface area contributed by atoms with Gasteiger partial charge in [-0.05, 0) is 32.4 Å². The van der Waals surface area contributed by atoms with Crippen molar-refractivity contribution in [2.75, 3.05) is 0 Å². The number of pyridine rings is 1. The second-order valence-corrected chi connectivity index (χ2v) is 6.46. The maximum Gasteiger partial charge on any atom is 0.0900 e. The second-order valence-electron chi connectivity index (χ2n) is 4.12. The summed E-state index contributed by atoms with van der Waals surface area (Å²) in [6, 6.07) is 4.08. The Labute approximate surface area is 114 Å². The zero-order chi connectivity index (χ0) is 12.4. The summed E-state index contributed by atoms with van der Waals surface area (Å²) in [5, 5.41) is 1.12. The topological polar surface area (TPSA) is 25.8 Å². The van der Waals surface area contributed by atoms with Crippen molar-refractivity contribution >= 4 is 27.3 Å². The Morgan fingerprint density at radius 1 is 1.35 bits per heavy atom. The number of halogens is 1. The van der Waals surface area contributed by atoms with Crippen LogP contribution < -0.4 is 0 Å². The Kier molecular flexibility index (Phi) is 3.94. The van der Waals surface area contributed by atoms with E-state index in [0.29, 0.717) is 4.83 Å². The normalized spacial score (nSPS) is 12.7. The van der Waals surface area contributed by atoms with Crippen LogP contribution in [-0.4, -0.2) is 9.97 Å². The molecule has 0 aliphatic carbocycles. The Morgan fingerprint density at radius 3 is 2.71 bits per heavy atom. The van der Waals surface area contributed by atoms with Crippen LogP contribution in [-0.2, 0) is 6.42 Å². The predicted octanol–water partition coefficient (Wildman–Crippen LogP) is 4.14. The lowest BCUT2D eigenvalue weighted by atomic mass is 10.1. The lowest BCUT2D eigenvalue weighted by Gasteiger charge is -2.09. The van der Waals surface area contributed by atoms with Gasteiger partial charge in [0.25, 0.3) is 0 Å². The Bertz CT molecular complexity index is 522. The van der Waals surface area contributed by atoms with E-state index in [-0.39, 0.29) is 0 Å².